The third-order valence-corrected chi connectivity index (χ3v) is 6.11. The molecule has 2 heterocycles. The molecule has 0 saturated carbocycles. The van der Waals surface area contributed by atoms with E-state index in [9.17, 15) is 9.59 Å². The lowest BCUT2D eigenvalue weighted by atomic mass is 9.95. The maximum atomic E-state index is 12.5. The summed E-state index contributed by atoms with van der Waals surface area (Å²) >= 11 is 0. The van der Waals surface area contributed by atoms with Crippen LogP contribution in [-0.4, -0.2) is 52.0 Å². The fourth-order valence-electron chi connectivity index (χ4n) is 4.11. The summed E-state index contributed by atoms with van der Waals surface area (Å²) in [5, 5.41) is 6.98. The van der Waals surface area contributed by atoms with Gasteiger partial charge in [-0.15, -0.1) is 0 Å². The van der Waals surface area contributed by atoms with Crippen molar-refractivity contribution in [2.45, 2.75) is 65.1 Å². The topological polar surface area (TPSA) is 112 Å². The van der Waals surface area contributed by atoms with Crippen LogP contribution in [0.4, 0.5) is 4.79 Å². The first-order valence-electron chi connectivity index (χ1n) is 12.2. The van der Waals surface area contributed by atoms with E-state index in [1.54, 1.807) is 24.1 Å². The van der Waals surface area contributed by atoms with Crippen LogP contribution in [0.15, 0.2) is 30.6 Å². The Hall–Kier alpha value is -3.07. The van der Waals surface area contributed by atoms with Gasteiger partial charge in [-0.05, 0) is 76.1 Å². The van der Waals surface area contributed by atoms with Gasteiger partial charge in [0.2, 0.25) is 5.91 Å². The van der Waals surface area contributed by atoms with Crippen molar-refractivity contribution in [3.05, 3.63) is 47.3 Å². The number of piperidine rings is 1. The smallest absolute Gasteiger partial charge is 0.410 e. The molecule has 3 N–H and O–H groups in total. The SMILES string of the molecule is Cc1ccc(OCCC2CCCN(C(=O)OC(C)(C)C)C2)cc1CNC(=O)C(N)c1cnn(C)c1. The van der Waals surface area contributed by atoms with Gasteiger partial charge >= 0.3 is 6.09 Å². The third kappa shape index (κ3) is 7.99. The van der Waals surface area contributed by atoms with E-state index in [0.717, 1.165) is 42.7 Å². The fraction of sp³-hybridized carbons (Fsp3) is 0.577. The number of nitrogens with zero attached hydrogens (tertiary/aromatic N) is 3. The van der Waals surface area contributed by atoms with E-state index in [0.29, 0.717) is 31.2 Å². The van der Waals surface area contributed by atoms with E-state index in [4.69, 9.17) is 15.2 Å². The zero-order valence-electron chi connectivity index (χ0n) is 21.5. The van der Waals surface area contributed by atoms with Crippen LogP contribution in [-0.2, 0) is 23.1 Å². The first-order valence-corrected chi connectivity index (χ1v) is 12.2. The van der Waals surface area contributed by atoms with Crippen LogP contribution < -0.4 is 15.8 Å². The normalized spacial score (nSPS) is 17.1. The van der Waals surface area contributed by atoms with Crippen LogP contribution in [0.1, 0.15) is 62.8 Å². The van der Waals surface area contributed by atoms with Gasteiger partial charge in [-0.1, -0.05) is 6.07 Å². The Kier molecular flexibility index (Phi) is 8.77. The molecule has 9 heteroatoms. The number of nitrogens with two attached hydrogens (primary N) is 1. The van der Waals surface area contributed by atoms with E-state index in [-0.39, 0.29) is 12.0 Å². The summed E-state index contributed by atoms with van der Waals surface area (Å²) in [6, 6.07) is 5.12. The van der Waals surface area contributed by atoms with Crippen molar-refractivity contribution in [3.63, 3.8) is 0 Å². The second-order valence-corrected chi connectivity index (χ2v) is 10.3. The highest BCUT2D eigenvalue weighted by molar-refractivity contribution is 5.82. The minimum atomic E-state index is -0.765. The van der Waals surface area contributed by atoms with Crippen LogP contribution in [0.2, 0.25) is 0 Å². The molecule has 2 atom stereocenters. The predicted octanol–water partition coefficient (Wildman–Crippen LogP) is 3.46. The maximum Gasteiger partial charge on any atom is 0.410 e. The summed E-state index contributed by atoms with van der Waals surface area (Å²) in [7, 11) is 1.79. The lowest BCUT2D eigenvalue weighted by Gasteiger charge is -2.34. The quantitative estimate of drug-likeness (QED) is 0.592. The average molecular weight is 486 g/mol. The summed E-state index contributed by atoms with van der Waals surface area (Å²) in [6.45, 7) is 10.0. The van der Waals surface area contributed by atoms with Gasteiger partial charge < -0.3 is 25.4 Å². The number of aryl methyl sites for hydroxylation is 2. The van der Waals surface area contributed by atoms with Crippen LogP contribution in [0, 0.1) is 12.8 Å². The summed E-state index contributed by atoms with van der Waals surface area (Å²) < 4.78 is 13.2. The van der Waals surface area contributed by atoms with Crippen LogP contribution in [0.3, 0.4) is 0 Å². The number of ether oxygens (including phenoxy) is 2. The Morgan fingerprint density at radius 1 is 1.31 bits per heavy atom. The number of hydrogen-bond donors (Lipinski definition) is 2. The minimum absolute atomic E-state index is 0.239. The van der Waals surface area contributed by atoms with Gasteiger partial charge in [-0.3, -0.25) is 9.48 Å². The van der Waals surface area contributed by atoms with E-state index >= 15 is 0 Å². The second kappa shape index (κ2) is 11.6. The number of nitrogens with one attached hydrogen (secondary N) is 1. The fourth-order valence-corrected chi connectivity index (χ4v) is 4.11. The van der Waals surface area contributed by atoms with Gasteiger partial charge in [0, 0.05) is 38.4 Å². The Bertz CT molecular complexity index is 1010. The predicted molar refractivity (Wildman–Crippen MR) is 134 cm³/mol. The standard InChI is InChI=1S/C26H39N5O4/c1-18-8-9-22(13-20(18)14-28-24(32)23(27)21-15-29-30(5)17-21)34-12-10-19-7-6-11-31(16-19)25(33)35-26(2,3)4/h8-9,13,15,17,19,23H,6-7,10-12,14,16,27H2,1-5H3,(H,28,32). The molecule has 35 heavy (non-hydrogen) atoms. The number of benzene rings is 1. The molecule has 1 saturated heterocycles. The van der Waals surface area contributed by atoms with Gasteiger partial charge in [0.05, 0.1) is 12.8 Å². The molecule has 1 aliphatic rings. The van der Waals surface area contributed by atoms with E-state index < -0.39 is 11.6 Å². The van der Waals surface area contributed by atoms with Crippen molar-refractivity contribution >= 4 is 12.0 Å². The number of carbonyl (C=O) groups excluding carboxylic acids is 2. The number of hydrogen-bond acceptors (Lipinski definition) is 6. The number of aromatic nitrogens is 2. The largest absolute Gasteiger partial charge is 0.494 e. The van der Waals surface area contributed by atoms with Crippen LogP contribution >= 0.6 is 0 Å². The molecule has 1 aromatic carbocycles. The van der Waals surface area contributed by atoms with Crippen molar-refractivity contribution < 1.29 is 19.1 Å². The monoisotopic (exact) mass is 485 g/mol. The maximum absolute atomic E-state index is 12.5. The Labute approximate surface area is 207 Å². The highest BCUT2D eigenvalue weighted by Gasteiger charge is 2.27. The van der Waals surface area contributed by atoms with Gasteiger partial charge in [-0.2, -0.15) is 5.10 Å². The summed E-state index contributed by atoms with van der Waals surface area (Å²) in [4.78, 5) is 26.7. The molecule has 9 nitrogen and oxygen atoms in total. The zero-order chi connectivity index (χ0) is 25.6. The van der Waals surface area contributed by atoms with Gasteiger partial charge in [0.1, 0.15) is 17.4 Å². The molecule has 0 bridgehead atoms. The first-order chi connectivity index (χ1) is 16.5. The average Bonchev–Trinajstić information content (AvgIpc) is 3.24. The van der Waals surface area contributed by atoms with E-state index in [1.807, 2.05) is 50.8 Å². The molecular weight excluding hydrogens is 446 g/mol. The van der Waals surface area contributed by atoms with E-state index in [2.05, 4.69) is 10.4 Å². The van der Waals surface area contributed by atoms with E-state index in [1.165, 1.54) is 0 Å². The van der Waals surface area contributed by atoms with Crippen molar-refractivity contribution in [2.24, 2.45) is 18.7 Å². The Morgan fingerprint density at radius 2 is 2.09 bits per heavy atom. The van der Waals surface area contributed by atoms with Crippen LogP contribution in [0.25, 0.3) is 0 Å². The number of carbonyl (C=O) groups is 2. The number of amides is 2. The van der Waals surface area contributed by atoms with Crippen molar-refractivity contribution in [3.8, 4) is 5.75 Å². The summed E-state index contributed by atoms with van der Waals surface area (Å²) in [5.41, 5.74) is 8.28. The molecule has 2 amide bonds. The molecule has 2 unspecified atom stereocenters. The second-order valence-electron chi connectivity index (χ2n) is 10.3. The lowest BCUT2D eigenvalue weighted by molar-refractivity contribution is -0.122. The van der Waals surface area contributed by atoms with Crippen molar-refractivity contribution in [2.75, 3.05) is 19.7 Å². The molecule has 2 aromatic rings. The molecule has 192 valence electrons. The molecule has 0 spiro atoms. The summed E-state index contributed by atoms with van der Waals surface area (Å²) in [5.74, 6) is 0.890. The number of rotatable bonds is 8. The Balaban J connectivity index is 1.47. The highest BCUT2D eigenvalue weighted by atomic mass is 16.6. The molecule has 0 radical (unpaired) electrons. The zero-order valence-corrected chi connectivity index (χ0v) is 21.5. The molecule has 1 fully saturated rings. The van der Waals surface area contributed by atoms with Gasteiger partial charge in [0.15, 0.2) is 0 Å². The first kappa shape index (κ1) is 26.5. The van der Waals surface area contributed by atoms with Crippen molar-refractivity contribution in [1.29, 1.82) is 0 Å². The van der Waals surface area contributed by atoms with Crippen molar-refractivity contribution in [1.82, 2.24) is 20.0 Å². The number of likely N-dealkylation sites (tertiary alicyclic amines) is 1. The van der Waals surface area contributed by atoms with Gasteiger partial charge in [-0.25, -0.2) is 4.79 Å². The minimum Gasteiger partial charge on any atom is -0.494 e. The Morgan fingerprint density at radius 3 is 2.77 bits per heavy atom. The van der Waals surface area contributed by atoms with Crippen LogP contribution in [0.5, 0.6) is 5.75 Å². The lowest BCUT2D eigenvalue weighted by Crippen LogP contribution is -2.43. The van der Waals surface area contributed by atoms with Gasteiger partial charge in [0.25, 0.3) is 0 Å². The molecule has 1 aromatic heterocycles. The molecular formula is C26H39N5O4. The third-order valence-electron chi connectivity index (χ3n) is 6.11. The molecule has 3 rings (SSSR count). The molecule has 0 aliphatic carbocycles. The highest BCUT2D eigenvalue weighted by Crippen LogP contribution is 2.23. The molecule has 1 aliphatic heterocycles. The summed E-state index contributed by atoms with van der Waals surface area (Å²) in [6.07, 6.45) is 6.01.